The summed E-state index contributed by atoms with van der Waals surface area (Å²) < 4.78 is 11.3. The number of carbonyl (C=O) groups is 2. The zero-order valence-electron chi connectivity index (χ0n) is 17.0. The molecule has 3 aromatic rings. The van der Waals surface area contributed by atoms with Crippen LogP contribution in [-0.2, 0) is 17.9 Å². The Morgan fingerprint density at radius 1 is 0.871 bits per heavy atom. The Morgan fingerprint density at radius 3 is 2.23 bits per heavy atom. The lowest BCUT2D eigenvalue weighted by molar-refractivity contribution is -0.123. The minimum Gasteiger partial charge on any atom is -0.493 e. The van der Waals surface area contributed by atoms with Crippen LogP contribution >= 0.6 is 11.8 Å². The van der Waals surface area contributed by atoms with Crippen molar-refractivity contribution in [3.05, 3.63) is 100 Å². The van der Waals surface area contributed by atoms with Crippen molar-refractivity contribution in [3.63, 3.8) is 0 Å². The monoisotopic (exact) mass is 431 g/mol. The summed E-state index contributed by atoms with van der Waals surface area (Å²) in [6.07, 6.45) is 1.71. The quantitative estimate of drug-likeness (QED) is 0.462. The van der Waals surface area contributed by atoms with Gasteiger partial charge in [0.05, 0.1) is 18.6 Å². The van der Waals surface area contributed by atoms with E-state index in [1.807, 2.05) is 72.8 Å². The summed E-state index contributed by atoms with van der Waals surface area (Å²) in [4.78, 5) is 26.9. The van der Waals surface area contributed by atoms with Gasteiger partial charge in [0.1, 0.15) is 6.61 Å². The van der Waals surface area contributed by atoms with Crippen molar-refractivity contribution in [1.29, 1.82) is 0 Å². The van der Waals surface area contributed by atoms with E-state index in [1.165, 1.54) is 4.90 Å². The van der Waals surface area contributed by atoms with E-state index in [2.05, 4.69) is 0 Å². The molecule has 0 saturated carbocycles. The molecule has 4 rings (SSSR count). The third kappa shape index (κ3) is 4.98. The van der Waals surface area contributed by atoms with E-state index in [1.54, 1.807) is 19.3 Å². The minimum absolute atomic E-state index is 0.261. The molecule has 156 valence electrons. The molecule has 0 radical (unpaired) electrons. The Labute approximate surface area is 185 Å². The molecule has 0 bridgehead atoms. The smallest absolute Gasteiger partial charge is 0.293 e. The Balaban J connectivity index is 1.52. The fourth-order valence-corrected chi connectivity index (χ4v) is 4.02. The number of ether oxygens (including phenoxy) is 2. The number of methoxy groups -OCH3 is 1. The summed E-state index contributed by atoms with van der Waals surface area (Å²) in [6.45, 7) is 0.658. The zero-order chi connectivity index (χ0) is 21.6. The Kier molecular flexibility index (Phi) is 6.38. The molecule has 1 aliphatic rings. The van der Waals surface area contributed by atoms with Crippen molar-refractivity contribution < 1.29 is 19.1 Å². The van der Waals surface area contributed by atoms with Gasteiger partial charge in [-0.3, -0.25) is 14.5 Å². The number of benzene rings is 3. The van der Waals surface area contributed by atoms with E-state index in [0.717, 1.165) is 28.5 Å². The molecule has 3 aromatic carbocycles. The van der Waals surface area contributed by atoms with Gasteiger partial charge in [0.25, 0.3) is 11.1 Å². The van der Waals surface area contributed by atoms with E-state index in [0.29, 0.717) is 23.0 Å². The van der Waals surface area contributed by atoms with E-state index in [9.17, 15) is 9.59 Å². The summed E-state index contributed by atoms with van der Waals surface area (Å²) in [5.74, 6) is 0.885. The number of thioether (sulfide) groups is 1. The fraction of sp³-hybridized carbons (Fsp3) is 0.120. The molecule has 0 aliphatic carbocycles. The van der Waals surface area contributed by atoms with Gasteiger partial charge in [-0.25, -0.2) is 0 Å². The first-order valence-electron chi connectivity index (χ1n) is 9.78. The molecule has 0 N–H and O–H groups in total. The molecular formula is C25H21NO4S. The number of nitrogens with zero attached hydrogens (tertiary/aromatic N) is 1. The van der Waals surface area contributed by atoms with Crippen LogP contribution in [0.3, 0.4) is 0 Å². The van der Waals surface area contributed by atoms with Crippen molar-refractivity contribution in [2.75, 3.05) is 7.11 Å². The summed E-state index contributed by atoms with van der Waals surface area (Å²) in [5.41, 5.74) is 2.71. The standard InChI is InChI=1S/C25H21NO4S/c1-29-21-13-12-20(14-22(21)30-17-19-10-6-3-7-11-19)15-23-24(27)26(25(28)31-23)16-18-8-4-2-5-9-18/h2-15H,16-17H2,1H3/b23-15-. The lowest BCUT2D eigenvalue weighted by atomic mass is 10.1. The largest absolute Gasteiger partial charge is 0.493 e. The van der Waals surface area contributed by atoms with Crippen molar-refractivity contribution in [3.8, 4) is 11.5 Å². The van der Waals surface area contributed by atoms with E-state index in [4.69, 9.17) is 9.47 Å². The van der Waals surface area contributed by atoms with Crippen LogP contribution in [-0.4, -0.2) is 23.2 Å². The number of carbonyl (C=O) groups excluding carboxylic acids is 2. The zero-order valence-corrected chi connectivity index (χ0v) is 17.8. The third-order valence-electron chi connectivity index (χ3n) is 4.78. The number of rotatable bonds is 7. The summed E-state index contributed by atoms with van der Waals surface area (Å²) in [5, 5.41) is -0.269. The molecule has 5 nitrogen and oxygen atoms in total. The maximum atomic E-state index is 12.8. The predicted octanol–water partition coefficient (Wildman–Crippen LogP) is 5.51. The first kappa shape index (κ1) is 20.8. The van der Waals surface area contributed by atoms with Gasteiger partial charge in [0.2, 0.25) is 0 Å². The molecule has 1 saturated heterocycles. The second-order valence-corrected chi connectivity index (χ2v) is 7.93. The Morgan fingerprint density at radius 2 is 1.55 bits per heavy atom. The highest BCUT2D eigenvalue weighted by atomic mass is 32.2. The van der Waals surface area contributed by atoms with Crippen molar-refractivity contribution in [2.45, 2.75) is 13.2 Å². The fourth-order valence-electron chi connectivity index (χ4n) is 3.18. The van der Waals surface area contributed by atoms with Crippen molar-refractivity contribution in [2.24, 2.45) is 0 Å². The van der Waals surface area contributed by atoms with Gasteiger partial charge < -0.3 is 9.47 Å². The van der Waals surface area contributed by atoms with Gasteiger partial charge in [0.15, 0.2) is 11.5 Å². The molecule has 0 spiro atoms. The summed E-state index contributed by atoms with van der Waals surface area (Å²) >= 11 is 0.948. The van der Waals surface area contributed by atoms with Gasteiger partial charge in [-0.1, -0.05) is 66.7 Å². The van der Waals surface area contributed by atoms with Crippen LogP contribution in [0, 0.1) is 0 Å². The van der Waals surface area contributed by atoms with Crippen LogP contribution in [0.15, 0.2) is 83.8 Å². The molecule has 31 heavy (non-hydrogen) atoms. The topological polar surface area (TPSA) is 55.8 Å². The highest BCUT2D eigenvalue weighted by molar-refractivity contribution is 8.18. The van der Waals surface area contributed by atoms with Crippen LogP contribution in [0.1, 0.15) is 16.7 Å². The second kappa shape index (κ2) is 9.53. The number of imide groups is 1. The average Bonchev–Trinajstić information content (AvgIpc) is 3.06. The average molecular weight is 432 g/mol. The highest BCUT2D eigenvalue weighted by Gasteiger charge is 2.34. The second-order valence-electron chi connectivity index (χ2n) is 6.94. The number of hydrogen-bond acceptors (Lipinski definition) is 5. The molecule has 0 unspecified atom stereocenters. The maximum absolute atomic E-state index is 12.8. The molecule has 0 atom stereocenters. The maximum Gasteiger partial charge on any atom is 0.293 e. The van der Waals surface area contributed by atoms with E-state index >= 15 is 0 Å². The van der Waals surface area contributed by atoms with Crippen LogP contribution < -0.4 is 9.47 Å². The highest BCUT2D eigenvalue weighted by Crippen LogP contribution is 2.35. The lowest BCUT2D eigenvalue weighted by Crippen LogP contribution is -2.27. The molecule has 2 amide bonds. The first-order valence-corrected chi connectivity index (χ1v) is 10.6. The molecule has 0 aromatic heterocycles. The summed E-state index contributed by atoms with van der Waals surface area (Å²) in [7, 11) is 1.58. The van der Waals surface area contributed by atoms with E-state index in [-0.39, 0.29) is 17.7 Å². The predicted molar refractivity (Wildman–Crippen MR) is 122 cm³/mol. The normalized spacial score (nSPS) is 14.9. The van der Waals surface area contributed by atoms with Gasteiger partial charge in [-0.05, 0) is 46.7 Å². The van der Waals surface area contributed by atoms with Crippen LogP contribution in [0.5, 0.6) is 11.5 Å². The molecule has 1 aliphatic heterocycles. The molecule has 1 heterocycles. The van der Waals surface area contributed by atoms with Crippen LogP contribution in [0.25, 0.3) is 6.08 Å². The van der Waals surface area contributed by atoms with Gasteiger partial charge in [-0.2, -0.15) is 0 Å². The van der Waals surface area contributed by atoms with Gasteiger partial charge >= 0.3 is 0 Å². The molecule has 6 heteroatoms. The Hall–Kier alpha value is -3.51. The summed E-state index contributed by atoms with van der Waals surface area (Å²) in [6, 6.07) is 24.7. The first-order chi connectivity index (χ1) is 15.1. The third-order valence-corrected chi connectivity index (χ3v) is 5.69. The van der Waals surface area contributed by atoms with Gasteiger partial charge in [0, 0.05) is 0 Å². The number of hydrogen-bond donors (Lipinski definition) is 0. The van der Waals surface area contributed by atoms with Crippen molar-refractivity contribution >= 4 is 29.0 Å². The van der Waals surface area contributed by atoms with E-state index < -0.39 is 0 Å². The van der Waals surface area contributed by atoms with Gasteiger partial charge in [-0.15, -0.1) is 0 Å². The molecule has 1 fully saturated rings. The SMILES string of the molecule is COc1ccc(/C=C2\SC(=O)N(Cc3ccccc3)C2=O)cc1OCc1ccccc1. The minimum atomic E-state index is -0.290. The lowest BCUT2D eigenvalue weighted by Gasteiger charge is -2.12. The number of amides is 2. The van der Waals surface area contributed by atoms with Crippen LogP contribution in [0.4, 0.5) is 4.79 Å². The van der Waals surface area contributed by atoms with Crippen LogP contribution in [0.2, 0.25) is 0 Å². The van der Waals surface area contributed by atoms with Crippen molar-refractivity contribution in [1.82, 2.24) is 4.90 Å². The molecular weight excluding hydrogens is 410 g/mol. The Bertz CT molecular complexity index is 1110.